The Morgan fingerprint density at radius 3 is 1.74 bits per heavy atom. The van der Waals surface area contributed by atoms with Crippen LogP contribution in [0, 0.1) is 11.0 Å². The Bertz CT molecular complexity index is 1250. The van der Waals surface area contributed by atoms with Crippen molar-refractivity contribution in [1.29, 1.82) is 0 Å². The Morgan fingerprint density at radius 2 is 1.40 bits per heavy atom. The molecule has 0 saturated carbocycles. The maximum Gasteiger partial charge on any atom is 0.154 e. The molecule has 10 nitrogen and oxygen atoms in total. The molecule has 4 aromatic heterocycles. The zero-order valence-electron chi connectivity index (χ0n) is 19.2. The Morgan fingerprint density at radius 1 is 0.857 bits per heavy atom. The van der Waals surface area contributed by atoms with E-state index in [1.54, 1.807) is 27.3 Å². The number of hydrogen-bond acceptors (Lipinski definition) is 6. The number of rotatable bonds is 5. The molecule has 15 heteroatoms. The Kier molecular flexibility index (Phi) is 12.8. The van der Waals surface area contributed by atoms with E-state index in [1.165, 1.54) is 0 Å². The lowest BCUT2D eigenvalue weighted by Crippen LogP contribution is -2.00. The Labute approximate surface area is 260 Å². The molecule has 0 fully saturated rings. The summed E-state index contributed by atoms with van der Waals surface area (Å²) in [5.74, 6) is 0. The molecule has 1 N–H and O–H groups in total. The summed E-state index contributed by atoms with van der Waals surface area (Å²) in [6.07, 6.45) is 7.46. The van der Waals surface area contributed by atoms with Gasteiger partial charge in [0.1, 0.15) is 22.7 Å². The number of aldehydes is 1. The Balaban J connectivity index is 0.000000203. The Hall–Kier alpha value is -0.380. The molecule has 4 aromatic rings. The second kappa shape index (κ2) is 14.5. The van der Waals surface area contributed by atoms with Crippen molar-refractivity contribution >= 4 is 106 Å². The third-order valence-corrected chi connectivity index (χ3v) is 8.81. The molecular formula is C20H23Br2I3N8O2. The van der Waals surface area contributed by atoms with Gasteiger partial charge in [0.05, 0.1) is 9.13 Å². The van der Waals surface area contributed by atoms with Gasteiger partial charge in [-0.15, -0.1) is 0 Å². The van der Waals surface area contributed by atoms with Gasteiger partial charge in [0, 0.05) is 63.1 Å². The predicted octanol–water partition coefficient (Wildman–Crippen LogP) is 5.19. The number of aliphatic hydroxyl groups excluding tert-OH is 1. The number of carbonyl (C=O) groups excluding carboxylic acids is 1. The first-order chi connectivity index (χ1) is 16.5. The van der Waals surface area contributed by atoms with Gasteiger partial charge in [0.15, 0.2) is 6.29 Å². The molecule has 0 aliphatic heterocycles. The maximum absolute atomic E-state index is 10.3. The van der Waals surface area contributed by atoms with Gasteiger partial charge in [-0.25, -0.2) is 0 Å². The second-order valence-electron chi connectivity index (χ2n) is 6.97. The number of halogens is 5. The van der Waals surface area contributed by atoms with Crippen LogP contribution in [0.1, 0.15) is 41.4 Å². The van der Waals surface area contributed by atoms with Gasteiger partial charge in [0.25, 0.3) is 0 Å². The van der Waals surface area contributed by atoms with Crippen molar-refractivity contribution in [3.8, 4) is 0 Å². The standard InChI is InChI=1S/C10H12BrIN4O.C5H6BrIN2.C5H5IN2O/c1-3-16-5-6(9(11)13-16)8(17)7-4-15(2)14-10(7)12;1-2-9-3-4(7)5(6)8-9;1-8-2-4(3-9)5(6)7-8/h4-5,8,17H,3H2,1-2H3;3H,2H2,1H3;2-3H,1H3. The second-order valence-corrected chi connectivity index (χ2v) is 11.7. The summed E-state index contributed by atoms with van der Waals surface area (Å²) in [5, 5.41) is 26.9. The van der Waals surface area contributed by atoms with Crippen LogP contribution in [0.3, 0.4) is 0 Å². The van der Waals surface area contributed by atoms with E-state index in [2.05, 4.69) is 104 Å². The van der Waals surface area contributed by atoms with E-state index >= 15 is 0 Å². The van der Waals surface area contributed by atoms with Gasteiger partial charge in [-0.1, -0.05) is 0 Å². The van der Waals surface area contributed by atoms with Gasteiger partial charge >= 0.3 is 0 Å². The fourth-order valence-corrected chi connectivity index (χ4v) is 5.32. The first kappa shape index (κ1) is 30.8. The highest BCUT2D eigenvalue weighted by atomic mass is 127. The molecule has 4 rings (SSSR count). The smallest absolute Gasteiger partial charge is 0.154 e. The maximum atomic E-state index is 10.3. The zero-order chi connectivity index (χ0) is 26.3. The monoisotopic (exact) mass is 946 g/mol. The van der Waals surface area contributed by atoms with Crippen molar-refractivity contribution in [2.24, 2.45) is 14.1 Å². The largest absolute Gasteiger partial charge is 0.383 e. The lowest BCUT2D eigenvalue weighted by molar-refractivity contribution is 0.112. The molecule has 0 spiro atoms. The highest BCUT2D eigenvalue weighted by molar-refractivity contribution is 14.1. The summed E-state index contributed by atoms with van der Waals surface area (Å²) in [4.78, 5) is 10.2. The van der Waals surface area contributed by atoms with Crippen LogP contribution in [-0.4, -0.2) is 50.5 Å². The molecule has 0 radical (unpaired) electrons. The van der Waals surface area contributed by atoms with Gasteiger partial charge in [-0.05, 0) is 113 Å². The van der Waals surface area contributed by atoms with Crippen molar-refractivity contribution in [3.63, 3.8) is 0 Å². The van der Waals surface area contributed by atoms with Crippen molar-refractivity contribution in [2.75, 3.05) is 0 Å². The van der Waals surface area contributed by atoms with Crippen LogP contribution in [0.25, 0.3) is 0 Å². The SMILES string of the molecule is CCn1cc(C(O)c2cn(C)nc2I)c(Br)n1.CCn1cc(I)c(Br)n1.Cn1cc(C=O)c(I)n1. The molecule has 0 bridgehead atoms. The molecular weight excluding hydrogens is 925 g/mol. The van der Waals surface area contributed by atoms with Crippen molar-refractivity contribution in [2.45, 2.75) is 33.0 Å². The molecule has 0 saturated heterocycles. The minimum Gasteiger partial charge on any atom is -0.383 e. The number of nitrogens with zero attached hydrogens (tertiary/aromatic N) is 8. The molecule has 0 aromatic carbocycles. The normalized spacial score (nSPS) is 11.4. The van der Waals surface area contributed by atoms with Gasteiger partial charge < -0.3 is 5.11 Å². The van der Waals surface area contributed by atoms with Crippen LogP contribution in [0.2, 0.25) is 0 Å². The molecule has 35 heavy (non-hydrogen) atoms. The third kappa shape index (κ3) is 8.85. The minimum absolute atomic E-state index is 0.651. The highest BCUT2D eigenvalue weighted by Gasteiger charge is 2.21. The van der Waals surface area contributed by atoms with Crippen molar-refractivity contribution < 1.29 is 9.90 Å². The van der Waals surface area contributed by atoms with E-state index < -0.39 is 6.10 Å². The zero-order valence-corrected chi connectivity index (χ0v) is 28.8. The van der Waals surface area contributed by atoms with Crippen LogP contribution in [0.5, 0.6) is 0 Å². The van der Waals surface area contributed by atoms with Crippen LogP contribution >= 0.6 is 99.6 Å². The van der Waals surface area contributed by atoms with E-state index in [0.717, 1.165) is 46.1 Å². The quantitative estimate of drug-likeness (QED) is 0.218. The highest BCUT2D eigenvalue weighted by Crippen LogP contribution is 2.29. The molecule has 1 atom stereocenters. The third-order valence-electron chi connectivity index (χ3n) is 4.40. The topological polar surface area (TPSA) is 109 Å². The molecule has 4 heterocycles. The molecule has 190 valence electrons. The fourth-order valence-electron chi connectivity index (χ4n) is 2.68. The van der Waals surface area contributed by atoms with Crippen LogP contribution in [0.4, 0.5) is 0 Å². The van der Waals surface area contributed by atoms with E-state index in [-0.39, 0.29) is 0 Å². The summed E-state index contributed by atoms with van der Waals surface area (Å²) in [5.41, 5.74) is 2.21. The lowest BCUT2D eigenvalue weighted by Gasteiger charge is -2.06. The minimum atomic E-state index is -0.703. The number of aryl methyl sites for hydroxylation is 4. The fraction of sp³-hybridized carbons (Fsp3) is 0.350. The van der Waals surface area contributed by atoms with E-state index in [0.29, 0.717) is 10.2 Å². The lowest BCUT2D eigenvalue weighted by atomic mass is 10.1. The van der Waals surface area contributed by atoms with Crippen molar-refractivity contribution in [3.05, 3.63) is 61.7 Å². The van der Waals surface area contributed by atoms with Crippen molar-refractivity contribution in [1.82, 2.24) is 39.1 Å². The van der Waals surface area contributed by atoms with Crippen LogP contribution in [-0.2, 0) is 27.2 Å². The van der Waals surface area contributed by atoms with Crippen LogP contribution < -0.4 is 0 Å². The number of carbonyl (C=O) groups is 1. The van der Waals surface area contributed by atoms with Crippen LogP contribution in [0.15, 0.2) is 34.0 Å². The first-order valence-electron chi connectivity index (χ1n) is 10.1. The first-order valence-corrected chi connectivity index (χ1v) is 15.0. The van der Waals surface area contributed by atoms with Gasteiger partial charge in [0.2, 0.25) is 0 Å². The average molecular weight is 948 g/mol. The predicted molar refractivity (Wildman–Crippen MR) is 165 cm³/mol. The van der Waals surface area contributed by atoms with E-state index in [4.69, 9.17) is 0 Å². The molecule has 1 unspecified atom stereocenters. The number of aliphatic hydroxyl groups is 1. The molecule has 0 amide bonds. The summed E-state index contributed by atoms with van der Waals surface area (Å²) in [6.45, 7) is 5.77. The van der Waals surface area contributed by atoms with E-state index in [1.807, 2.05) is 59.8 Å². The summed E-state index contributed by atoms with van der Waals surface area (Å²) in [7, 11) is 3.62. The van der Waals surface area contributed by atoms with Gasteiger partial charge in [-0.2, -0.15) is 20.4 Å². The molecule has 0 aliphatic rings. The summed E-state index contributed by atoms with van der Waals surface area (Å²) < 4.78 is 11.3. The van der Waals surface area contributed by atoms with E-state index in [9.17, 15) is 9.90 Å². The summed E-state index contributed by atoms with van der Waals surface area (Å²) >= 11 is 13.1. The number of hydrogen-bond donors (Lipinski definition) is 1. The molecule has 0 aliphatic carbocycles. The van der Waals surface area contributed by atoms with Gasteiger partial charge in [-0.3, -0.25) is 23.5 Å². The summed E-state index contributed by atoms with van der Waals surface area (Å²) in [6, 6.07) is 0. The number of aromatic nitrogens is 8. The average Bonchev–Trinajstić information content (AvgIpc) is 3.55.